The summed E-state index contributed by atoms with van der Waals surface area (Å²) in [7, 11) is 0. The number of hydrogen-bond acceptors (Lipinski definition) is 2. The first-order valence-corrected chi connectivity index (χ1v) is 10.1. The van der Waals surface area contributed by atoms with Crippen LogP contribution in [0.5, 0.6) is 0 Å². The van der Waals surface area contributed by atoms with Crippen molar-refractivity contribution < 1.29 is 13.9 Å². The van der Waals surface area contributed by atoms with Gasteiger partial charge in [-0.25, -0.2) is 4.39 Å². The van der Waals surface area contributed by atoms with Crippen LogP contribution >= 0.6 is 0 Å². The molecule has 0 spiro atoms. The molecule has 0 saturated carbocycles. The van der Waals surface area contributed by atoms with Crippen LogP contribution in [0.2, 0.25) is 0 Å². The van der Waals surface area contributed by atoms with Crippen LogP contribution in [0.4, 0.5) is 4.39 Å². The van der Waals surface area contributed by atoms with Gasteiger partial charge in [0.25, 0.3) is 0 Å². The fraction of sp³-hybridized carbons (Fsp3) is 1.00. The normalized spacial score (nSPS) is 16.4. The highest BCUT2D eigenvalue weighted by Gasteiger charge is 2.38. The van der Waals surface area contributed by atoms with Crippen LogP contribution in [-0.2, 0) is 9.47 Å². The Morgan fingerprint density at radius 1 is 0.739 bits per heavy atom. The molecule has 138 valence electrons. The van der Waals surface area contributed by atoms with Gasteiger partial charge >= 0.3 is 0 Å². The molecule has 1 saturated heterocycles. The number of hydrogen-bond donors (Lipinski definition) is 0. The lowest BCUT2D eigenvalue weighted by Crippen LogP contribution is -2.49. The first kappa shape index (κ1) is 20.9. The zero-order chi connectivity index (χ0) is 16.6. The van der Waals surface area contributed by atoms with Crippen molar-refractivity contribution in [3.8, 4) is 0 Å². The van der Waals surface area contributed by atoms with E-state index in [-0.39, 0.29) is 19.8 Å². The summed E-state index contributed by atoms with van der Waals surface area (Å²) in [5.41, 5.74) is -1.18. The van der Waals surface area contributed by atoms with Crippen molar-refractivity contribution in [2.75, 3.05) is 26.4 Å². The van der Waals surface area contributed by atoms with E-state index in [0.29, 0.717) is 6.61 Å². The average molecular weight is 331 g/mol. The molecule has 0 N–H and O–H groups in total. The topological polar surface area (TPSA) is 18.5 Å². The summed E-state index contributed by atoms with van der Waals surface area (Å²) in [5.74, 6) is 0. The molecule has 0 unspecified atom stereocenters. The second kappa shape index (κ2) is 14.2. The van der Waals surface area contributed by atoms with Gasteiger partial charge in [0, 0.05) is 6.61 Å². The third kappa shape index (κ3) is 11.9. The first-order chi connectivity index (χ1) is 11.3. The highest BCUT2D eigenvalue weighted by Crippen LogP contribution is 2.22. The number of rotatable bonds is 17. The highest BCUT2D eigenvalue weighted by molar-refractivity contribution is 4.85. The van der Waals surface area contributed by atoms with Crippen LogP contribution in [-0.4, -0.2) is 32.1 Å². The Kier molecular flexibility index (Phi) is 12.9. The summed E-state index contributed by atoms with van der Waals surface area (Å²) in [6, 6.07) is 0. The molecule has 0 aromatic rings. The van der Waals surface area contributed by atoms with Gasteiger partial charge in [-0.3, -0.25) is 0 Å². The fourth-order valence-corrected chi connectivity index (χ4v) is 3.06. The van der Waals surface area contributed by atoms with E-state index in [1.54, 1.807) is 0 Å². The second-order valence-electron chi connectivity index (χ2n) is 7.29. The van der Waals surface area contributed by atoms with Gasteiger partial charge in [0.2, 0.25) is 0 Å². The minimum absolute atomic E-state index is 0.214. The molecule has 0 aromatic heterocycles. The van der Waals surface area contributed by atoms with Gasteiger partial charge < -0.3 is 9.47 Å². The van der Waals surface area contributed by atoms with Crippen molar-refractivity contribution in [2.45, 2.75) is 102 Å². The summed E-state index contributed by atoms with van der Waals surface area (Å²) < 4.78 is 23.8. The van der Waals surface area contributed by atoms with E-state index in [2.05, 4.69) is 6.92 Å². The molecule has 0 aliphatic carbocycles. The molecule has 0 amide bonds. The molecule has 1 rings (SSSR count). The Labute approximate surface area is 143 Å². The fourth-order valence-electron chi connectivity index (χ4n) is 3.06. The largest absolute Gasteiger partial charge is 0.378 e. The summed E-state index contributed by atoms with van der Waals surface area (Å²) >= 11 is 0. The Morgan fingerprint density at radius 3 is 1.57 bits per heavy atom. The maximum atomic E-state index is 13.5. The molecule has 2 nitrogen and oxygen atoms in total. The van der Waals surface area contributed by atoms with Gasteiger partial charge in [-0.1, -0.05) is 90.4 Å². The SMILES string of the molecule is CCCCCCCCCCCCCCCCOCC1(F)COC1. The van der Waals surface area contributed by atoms with Crippen LogP contribution in [0.3, 0.4) is 0 Å². The van der Waals surface area contributed by atoms with Gasteiger partial charge in [0.15, 0.2) is 5.67 Å². The van der Waals surface area contributed by atoms with Crippen molar-refractivity contribution in [3.63, 3.8) is 0 Å². The molecular formula is C20H39FO2. The Morgan fingerprint density at radius 2 is 1.17 bits per heavy atom. The number of alkyl halides is 1. The number of halogens is 1. The molecular weight excluding hydrogens is 291 g/mol. The predicted molar refractivity (Wildman–Crippen MR) is 95.8 cm³/mol. The van der Waals surface area contributed by atoms with E-state index in [1.165, 1.54) is 83.5 Å². The molecule has 0 aromatic carbocycles. The minimum Gasteiger partial charge on any atom is -0.378 e. The molecule has 1 aliphatic rings. The summed E-state index contributed by atoms with van der Waals surface area (Å²) in [6.45, 7) is 3.61. The average Bonchev–Trinajstić information content (AvgIpc) is 2.53. The van der Waals surface area contributed by atoms with Crippen LogP contribution < -0.4 is 0 Å². The van der Waals surface area contributed by atoms with Gasteiger partial charge in [-0.15, -0.1) is 0 Å². The Balaban J connectivity index is 1.65. The Bertz CT molecular complexity index is 254. The van der Waals surface area contributed by atoms with Crippen molar-refractivity contribution in [2.24, 2.45) is 0 Å². The molecule has 1 fully saturated rings. The van der Waals surface area contributed by atoms with E-state index in [4.69, 9.17) is 9.47 Å². The van der Waals surface area contributed by atoms with Gasteiger partial charge in [-0.2, -0.15) is 0 Å². The summed E-state index contributed by atoms with van der Waals surface area (Å²) in [6.07, 6.45) is 19.0. The minimum atomic E-state index is -1.18. The predicted octanol–water partition coefficient (Wildman–Crippen LogP) is 6.22. The van der Waals surface area contributed by atoms with Crippen LogP contribution in [0.1, 0.15) is 96.8 Å². The van der Waals surface area contributed by atoms with Gasteiger partial charge in [0.1, 0.15) is 0 Å². The van der Waals surface area contributed by atoms with Crippen LogP contribution in [0, 0.1) is 0 Å². The van der Waals surface area contributed by atoms with E-state index >= 15 is 0 Å². The molecule has 0 atom stereocenters. The monoisotopic (exact) mass is 330 g/mol. The maximum absolute atomic E-state index is 13.5. The lowest BCUT2D eigenvalue weighted by atomic mass is 10.0. The second-order valence-corrected chi connectivity index (χ2v) is 7.29. The molecule has 1 aliphatic heterocycles. The zero-order valence-corrected chi connectivity index (χ0v) is 15.4. The van der Waals surface area contributed by atoms with E-state index < -0.39 is 5.67 Å². The van der Waals surface area contributed by atoms with Crippen molar-refractivity contribution >= 4 is 0 Å². The third-order valence-corrected chi connectivity index (χ3v) is 4.72. The van der Waals surface area contributed by atoms with Crippen molar-refractivity contribution in [1.82, 2.24) is 0 Å². The van der Waals surface area contributed by atoms with E-state index in [9.17, 15) is 4.39 Å². The van der Waals surface area contributed by atoms with E-state index in [1.807, 2.05) is 0 Å². The molecule has 0 bridgehead atoms. The standard InChI is InChI=1S/C20H39FO2/c1-2-3-4-5-6-7-8-9-10-11-12-13-14-15-16-22-17-20(21)18-23-19-20/h2-19H2,1H3. The molecule has 1 heterocycles. The van der Waals surface area contributed by atoms with Crippen LogP contribution in [0.25, 0.3) is 0 Å². The lowest BCUT2D eigenvalue weighted by Gasteiger charge is -2.33. The maximum Gasteiger partial charge on any atom is 0.180 e. The van der Waals surface area contributed by atoms with Gasteiger partial charge in [0.05, 0.1) is 19.8 Å². The zero-order valence-electron chi connectivity index (χ0n) is 15.4. The molecule has 23 heavy (non-hydrogen) atoms. The number of ether oxygens (including phenoxy) is 2. The van der Waals surface area contributed by atoms with Crippen LogP contribution in [0.15, 0.2) is 0 Å². The summed E-state index contributed by atoms with van der Waals surface area (Å²) in [4.78, 5) is 0. The first-order valence-electron chi connectivity index (χ1n) is 10.1. The molecule has 3 heteroatoms. The highest BCUT2D eigenvalue weighted by atomic mass is 19.1. The molecule has 0 radical (unpaired) electrons. The van der Waals surface area contributed by atoms with Crippen molar-refractivity contribution in [1.29, 1.82) is 0 Å². The van der Waals surface area contributed by atoms with Gasteiger partial charge in [-0.05, 0) is 6.42 Å². The lowest BCUT2D eigenvalue weighted by molar-refractivity contribution is -0.161. The third-order valence-electron chi connectivity index (χ3n) is 4.72. The Hall–Kier alpha value is -0.150. The number of unbranched alkanes of at least 4 members (excludes halogenated alkanes) is 13. The summed E-state index contributed by atoms with van der Waals surface area (Å²) in [5, 5.41) is 0. The smallest absolute Gasteiger partial charge is 0.180 e. The van der Waals surface area contributed by atoms with Crippen molar-refractivity contribution in [3.05, 3.63) is 0 Å². The van der Waals surface area contributed by atoms with E-state index in [0.717, 1.165) is 6.42 Å². The quantitative estimate of drug-likeness (QED) is 0.295.